The van der Waals surface area contributed by atoms with Gasteiger partial charge in [-0.25, -0.2) is 0 Å². The molecular formula is C15H18N2O3. The van der Waals surface area contributed by atoms with E-state index in [-0.39, 0.29) is 12.5 Å². The number of aryl methyl sites for hydroxylation is 2. The third-order valence-corrected chi connectivity index (χ3v) is 3.11. The molecule has 1 atom stereocenters. The molecule has 0 aliphatic carbocycles. The van der Waals surface area contributed by atoms with Gasteiger partial charge in [0.1, 0.15) is 11.4 Å². The number of hydrogen-bond donors (Lipinski definition) is 2. The lowest BCUT2D eigenvalue weighted by atomic mass is 10.0. The Balaban J connectivity index is 2.05. The summed E-state index contributed by atoms with van der Waals surface area (Å²) in [4.78, 5) is 16.3. The third-order valence-electron chi connectivity index (χ3n) is 3.11. The summed E-state index contributed by atoms with van der Waals surface area (Å²) >= 11 is 0. The Morgan fingerprint density at radius 3 is 2.75 bits per heavy atom. The Kier molecular flexibility index (Phi) is 3.90. The summed E-state index contributed by atoms with van der Waals surface area (Å²) in [7, 11) is 0. The number of nitrogens with zero attached hydrogens (tertiary/aromatic N) is 1. The molecule has 106 valence electrons. The number of aromatic nitrogens is 1. The Morgan fingerprint density at radius 1 is 1.40 bits per heavy atom. The lowest BCUT2D eigenvalue weighted by Crippen LogP contribution is -2.38. The Morgan fingerprint density at radius 2 is 2.15 bits per heavy atom. The zero-order chi connectivity index (χ0) is 14.8. The fourth-order valence-corrected chi connectivity index (χ4v) is 1.95. The van der Waals surface area contributed by atoms with Crippen LogP contribution in [-0.2, 0) is 5.60 Å². The van der Waals surface area contributed by atoms with Gasteiger partial charge in [0.25, 0.3) is 5.91 Å². The third kappa shape index (κ3) is 3.05. The fourth-order valence-electron chi connectivity index (χ4n) is 1.95. The number of hydrogen-bond acceptors (Lipinski definition) is 4. The molecule has 0 spiro atoms. The topological polar surface area (TPSA) is 75.4 Å². The largest absolute Gasteiger partial charge is 0.466 e. The number of amides is 1. The molecule has 0 aromatic carbocycles. The first-order valence-corrected chi connectivity index (χ1v) is 6.39. The number of nitrogens with one attached hydrogen (secondary N) is 1. The normalized spacial score (nSPS) is 13.8. The van der Waals surface area contributed by atoms with Gasteiger partial charge in [0.15, 0.2) is 0 Å². The van der Waals surface area contributed by atoms with Crippen molar-refractivity contribution in [2.24, 2.45) is 0 Å². The maximum atomic E-state index is 12.1. The number of pyridine rings is 1. The first kappa shape index (κ1) is 14.3. The fraction of sp³-hybridized carbons (Fsp3) is 0.333. The molecule has 5 nitrogen and oxygen atoms in total. The first-order valence-electron chi connectivity index (χ1n) is 6.39. The van der Waals surface area contributed by atoms with Crippen LogP contribution >= 0.6 is 0 Å². The summed E-state index contributed by atoms with van der Waals surface area (Å²) in [6, 6.07) is 6.88. The Bertz CT molecular complexity index is 604. The van der Waals surface area contributed by atoms with Crippen molar-refractivity contribution in [3.63, 3.8) is 0 Å². The molecule has 0 bridgehead atoms. The predicted octanol–water partition coefficient (Wildman–Crippen LogP) is 1.93. The van der Waals surface area contributed by atoms with Gasteiger partial charge in [-0.3, -0.25) is 9.78 Å². The van der Waals surface area contributed by atoms with Crippen LogP contribution < -0.4 is 5.32 Å². The van der Waals surface area contributed by atoms with E-state index >= 15 is 0 Å². The summed E-state index contributed by atoms with van der Waals surface area (Å²) in [5, 5.41) is 13.0. The van der Waals surface area contributed by atoms with Crippen molar-refractivity contribution in [1.82, 2.24) is 10.3 Å². The standard InChI is InChI=1S/C15H18N2O3/c1-10-6-7-12(11(2)17-10)14(18)16-9-15(3,19)13-5-4-8-20-13/h4-8,19H,9H2,1-3H3,(H,16,18). The highest BCUT2D eigenvalue weighted by atomic mass is 16.4. The van der Waals surface area contributed by atoms with Crippen LogP contribution in [0.4, 0.5) is 0 Å². The number of rotatable bonds is 4. The molecule has 2 rings (SSSR count). The number of furan rings is 1. The van der Waals surface area contributed by atoms with Crippen molar-refractivity contribution >= 4 is 5.91 Å². The molecule has 1 amide bonds. The second-order valence-corrected chi connectivity index (χ2v) is 5.02. The van der Waals surface area contributed by atoms with Gasteiger partial charge in [-0.1, -0.05) is 0 Å². The molecule has 2 aromatic heterocycles. The van der Waals surface area contributed by atoms with Crippen LogP contribution in [0.3, 0.4) is 0 Å². The molecule has 0 saturated carbocycles. The zero-order valence-corrected chi connectivity index (χ0v) is 11.8. The molecule has 0 radical (unpaired) electrons. The van der Waals surface area contributed by atoms with Crippen LogP contribution in [0, 0.1) is 13.8 Å². The van der Waals surface area contributed by atoms with Gasteiger partial charge < -0.3 is 14.8 Å². The van der Waals surface area contributed by atoms with E-state index in [0.29, 0.717) is 17.0 Å². The molecule has 5 heteroatoms. The lowest BCUT2D eigenvalue weighted by Gasteiger charge is -2.21. The minimum Gasteiger partial charge on any atom is -0.466 e. The van der Waals surface area contributed by atoms with Gasteiger partial charge in [-0.15, -0.1) is 0 Å². The van der Waals surface area contributed by atoms with Crippen LogP contribution in [0.1, 0.15) is 34.4 Å². The molecule has 2 N–H and O–H groups in total. The monoisotopic (exact) mass is 274 g/mol. The highest BCUT2D eigenvalue weighted by Crippen LogP contribution is 2.20. The Labute approximate surface area is 117 Å². The summed E-state index contributed by atoms with van der Waals surface area (Å²) in [5.41, 5.74) is 0.790. The minimum atomic E-state index is -1.24. The highest BCUT2D eigenvalue weighted by Gasteiger charge is 2.27. The number of carbonyl (C=O) groups excluding carboxylic acids is 1. The summed E-state index contributed by atoms with van der Waals surface area (Å²) in [6.07, 6.45) is 1.49. The van der Waals surface area contributed by atoms with Crippen molar-refractivity contribution < 1.29 is 14.3 Å². The van der Waals surface area contributed by atoms with E-state index in [4.69, 9.17) is 4.42 Å². The van der Waals surface area contributed by atoms with Gasteiger partial charge in [0, 0.05) is 5.69 Å². The number of carbonyl (C=O) groups is 1. The molecule has 20 heavy (non-hydrogen) atoms. The van der Waals surface area contributed by atoms with Crippen molar-refractivity contribution in [2.75, 3.05) is 6.54 Å². The molecule has 0 fully saturated rings. The number of aliphatic hydroxyl groups is 1. The van der Waals surface area contributed by atoms with E-state index in [0.717, 1.165) is 5.69 Å². The van der Waals surface area contributed by atoms with E-state index in [2.05, 4.69) is 10.3 Å². The zero-order valence-electron chi connectivity index (χ0n) is 11.8. The van der Waals surface area contributed by atoms with E-state index < -0.39 is 5.60 Å². The lowest BCUT2D eigenvalue weighted by molar-refractivity contribution is 0.0330. The van der Waals surface area contributed by atoms with Gasteiger partial charge in [0.05, 0.1) is 24.1 Å². The smallest absolute Gasteiger partial charge is 0.253 e. The van der Waals surface area contributed by atoms with Gasteiger partial charge in [0.2, 0.25) is 0 Å². The maximum absolute atomic E-state index is 12.1. The van der Waals surface area contributed by atoms with Crippen molar-refractivity contribution in [3.05, 3.63) is 53.2 Å². The van der Waals surface area contributed by atoms with E-state index in [1.54, 1.807) is 38.1 Å². The van der Waals surface area contributed by atoms with E-state index in [9.17, 15) is 9.90 Å². The predicted molar refractivity (Wildman–Crippen MR) is 74.3 cm³/mol. The van der Waals surface area contributed by atoms with Crippen molar-refractivity contribution in [1.29, 1.82) is 0 Å². The quantitative estimate of drug-likeness (QED) is 0.893. The average Bonchev–Trinajstić information content (AvgIpc) is 2.90. The second kappa shape index (κ2) is 5.46. The molecule has 0 saturated heterocycles. The Hall–Kier alpha value is -2.14. The molecule has 0 aliphatic rings. The SMILES string of the molecule is Cc1ccc(C(=O)NCC(C)(O)c2ccco2)c(C)n1. The van der Waals surface area contributed by atoms with Gasteiger partial charge in [-0.2, -0.15) is 0 Å². The van der Waals surface area contributed by atoms with Crippen molar-refractivity contribution in [2.45, 2.75) is 26.4 Å². The second-order valence-electron chi connectivity index (χ2n) is 5.02. The highest BCUT2D eigenvalue weighted by molar-refractivity contribution is 5.95. The molecular weight excluding hydrogens is 256 g/mol. The van der Waals surface area contributed by atoms with Crippen LogP contribution in [0.2, 0.25) is 0 Å². The average molecular weight is 274 g/mol. The van der Waals surface area contributed by atoms with Crippen LogP contribution in [0.5, 0.6) is 0 Å². The summed E-state index contributed by atoms with van der Waals surface area (Å²) in [6.45, 7) is 5.31. The van der Waals surface area contributed by atoms with Crippen LogP contribution in [0.25, 0.3) is 0 Å². The maximum Gasteiger partial charge on any atom is 0.253 e. The minimum absolute atomic E-state index is 0.0622. The van der Waals surface area contributed by atoms with Crippen molar-refractivity contribution in [3.8, 4) is 0 Å². The summed E-state index contributed by atoms with van der Waals surface area (Å²) < 4.78 is 5.16. The van der Waals surface area contributed by atoms with E-state index in [1.165, 1.54) is 6.26 Å². The van der Waals surface area contributed by atoms with Crippen LogP contribution in [0.15, 0.2) is 34.9 Å². The first-order chi connectivity index (χ1) is 9.40. The molecule has 2 heterocycles. The molecule has 2 aromatic rings. The van der Waals surface area contributed by atoms with Gasteiger partial charge >= 0.3 is 0 Å². The molecule has 0 aliphatic heterocycles. The van der Waals surface area contributed by atoms with Gasteiger partial charge in [-0.05, 0) is 45.0 Å². The summed E-state index contributed by atoms with van der Waals surface area (Å²) in [5.74, 6) is 0.151. The van der Waals surface area contributed by atoms with Crippen LogP contribution in [-0.4, -0.2) is 22.5 Å². The molecule has 1 unspecified atom stereocenters. The van der Waals surface area contributed by atoms with E-state index in [1.807, 2.05) is 6.92 Å².